The Hall–Kier alpha value is -1.39. The van der Waals surface area contributed by atoms with Crippen LogP contribution in [0.5, 0.6) is 0 Å². The smallest absolute Gasteiger partial charge is 0.266 e. The molecule has 0 aliphatic heterocycles. The number of hydrogen-bond acceptors (Lipinski definition) is 3. The molecule has 0 aliphatic carbocycles. The van der Waals surface area contributed by atoms with Gasteiger partial charge in [0.1, 0.15) is 0 Å². The Morgan fingerprint density at radius 1 is 1.64 bits per heavy atom. The van der Waals surface area contributed by atoms with Crippen molar-refractivity contribution >= 4 is 23.6 Å². The largest absolute Gasteiger partial charge is 0.290 e. The van der Waals surface area contributed by atoms with E-state index in [0.29, 0.717) is 11.4 Å². The van der Waals surface area contributed by atoms with Gasteiger partial charge in [0.15, 0.2) is 0 Å². The van der Waals surface area contributed by atoms with Crippen molar-refractivity contribution in [2.45, 2.75) is 0 Å². The summed E-state index contributed by atoms with van der Waals surface area (Å²) in [6, 6.07) is 1.68. The van der Waals surface area contributed by atoms with Crippen molar-refractivity contribution in [3.8, 4) is 0 Å². The van der Waals surface area contributed by atoms with E-state index in [9.17, 15) is 4.79 Å². The Bertz CT molecular complexity index is 352. The lowest BCUT2D eigenvalue weighted by molar-refractivity contribution is 0.0953. The fourth-order valence-electron chi connectivity index (χ4n) is 0.937. The summed E-state index contributed by atoms with van der Waals surface area (Å²) in [5.74, 6) is 5.05. The summed E-state index contributed by atoms with van der Waals surface area (Å²) in [5, 5.41) is 0. The lowest BCUT2D eigenvalue weighted by Gasteiger charge is -1.99. The minimum Gasteiger partial charge on any atom is -0.290 e. The average Bonchev–Trinajstić information content (AvgIpc) is 2.25. The molecule has 0 bridgehead atoms. The van der Waals surface area contributed by atoms with Gasteiger partial charge >= 0.3 is 0 Å². The van der Waals surface area contributed by atoms with Crippen molar-refractivity contribution in [2.75, 3.05) is 5.88 Å². The molecule has 1 heterocycles. The number of aromatic nitrogens is 1. The number of amides is 1. The number of hydrazine groups is 1. The average molecular weight is 212 g/mol. The van der Waals surface area contributed by atoms with Gasteiger partial charge < -0.3 is 0 Å². The summed E-state index contributed by atoms with van der Waals surface area (Å²) in [7, 11) is 0. The summed E-state index contributed by atoms with van der Waals surface area (Å²) in [4.78, 5) is 15.0. The van der Waals surface area contributed by atoms with E-state index in [4.69, 9.17) is 17.4 Å². The number of halogens is 1. The van der Waals surface area contributed by atoms with Crippen LogP contribution >= 0.6 is 11.6 Å². The molecule has 0 unspecified atom stereocenters. The first-order valence-electron chi connectivity index (χ1n) is 3.96. The van der Waals surface area contributed by atoms with E-state index >= 15 is 0 Å². The van der Waals surface area contributed by atoms with E-state index in [1.807, 2.05) is 5.43 Å². The number of carbonyl (C=O) groups is 1. The van der Waals surface area contributed by atoms with Gasteiger partial charge in [0.05, 0.1) is 5.56 Å². The fourth-order valence-corrected chi connectivity index (χ4v) is 1.03. The van der Waals surface area contributed by atoms with Crippen molar-refractivity contribution in [2.24, 2.45) is 5.84 Å². The second-order valence-corrected chi connectivity index (χ2v) is 2.85. The number of allylic oxidation sites excluding steroid dienone is 1. The van der Waals surface area contributed by atoms with Gasteiger partial charge in [-0.05, 0) is 11.6 Å². The lowest BCUT2D eigenvalue weighted by atomic mass is 10.2. The van der Waals surface area contributed by atoms with Gasteiger partial charge in [0.25, 0.3) is 5.91 Å². The first kappa shape index (κ1) is 10.7. The third-order valence-electron chi connectivity index (χ3n) is 1.55. The molecular weight excluding hydrogens is 202 g/mol. The molecule has 0 aromatic carbocycles. The normalized spacial score (nSPS) is 10.4. The Balaban J connectivity index is 2.89. The zero-order chi connectivity index (χ0) is 10.4. The molecule has 1 rings (SSSR count). The fraction of sp³-hybridized carbons (Fsp3) is 0.111. The summed E-state index contributed by atoms with van der Waals surface area (Å²) in [6.45, 7) is 0. The van der Waals surface area contributed by atoms with Crippen LogP contribution in [-0.2, 0) is 0 Å². The van der Waals surface area contributed by atoms with Crippen molar-refractivity contribution in [3.63, 3.8) is 0 Å². The van der Waals surface area contributed by atoms with Crippen LogP contribution in [-0.4, -0.2) is 16.8 Å². The van der Waals surface area contributed by atoms with Crippen LogP contribution in [0.25, 0.3) is 6.08 Å². The molecule has 1 aromatic rings. The summed E-state index contributed by atoms with van der Waals surface area (Å²) in [5.41, 5.74) is 3.27. The van der Waals surface area contributed by atoms with E-state index in [0.717, 1.165) is 5.56 Å². The number of carbonyl (C=O) groups excluding carboxylic acids is 1. The van der Waals surface area contributed by atoms with Gasteiger partial charge in [-0.1, -0.05) is 12.2 Å². The first-order valence-corrected chi connectivity index (χ1v) is 4.50. The molecule has 0 fully saturated rings. The van der Waals surface area contributed by atoms with Crippen LogP contribution in [0.1, 0.15) is 15.9 Å². The van der Waals surface area contributed by atoms with Gasteiger partial charge in [0, 0.05) is 18.3 Å². The van der Waals surface area contributed by atoms with Crippen LogP contribution in [0, 0.1) is 0 Å². The molecule has 0 spiro atoms. The highest BCUT2D eigenvalue weighted by Crippen LogP contribution is 2.04. The molecule has 1 amide bonds. The van der Waals surface area contributed by atoms with Crippen molar-refractivity contribution in [1.82, 2.24) is 10.4 Å². The number of nitrogens with two attached hydrogens (primary N) is 1. The Morgan fingerprint density at radius 2 is 2.43 bits per heavy atom. The van der Waals surface area contributed by atoms with Crippen LogP contribution in [0.3, 0.4) is 0 Å². The maximum absolute atomic E-state index is 11.1. The zero-order valence-corrected chi connectivity index (χ0v) is 8.16. The predicted molar refractivity (Wildman–Crippen MR) is 55.6 cm³/mol. The number of nitrogens with zero attached hydrogens (tertiary/aromatic N) is 1. The predicted octanol–water partition coefficient (Wildman–Crippen LogP) is 0.937. The highest BCUT2D eigenvalue weighted by Gasteiger charge is 2.02. The number of nitrogens with one attached hydrogen (secondary N) is 1. The molecule has 3 N–H and O–H groups in total. The van der Waals surface area contributed by atoms with E-state index in [1.54, 1.807) is 24.4 Å². The summed E-state index contributed by atoms with van der Waals surface area (Å²) >= 11 is 5.47. The molecule has 0 radical (unpaired) electrons. The maximum Gasteiger partial charge on any atom is 0.266 e. The molecule has 74 valence electrons. The number of pyridine rings is 1. The van der Waals surface area contributed by atoms with Crippen molar-refractivity contribution < 1.29 is 4.79 Å². The molecular formula is C9H10ClN3O. The topological polar surface area (TPSA) is 68.0 Å². The molecule has 0 aliphatic rings. The van der Waals surface area contributed by atoms with Crippen molar-refractivity contribution in [1.29, 1.82) is 0 Å². The van der Waals surface area contributed by atoms with E-state index in [1.165, 1.54) is 6.20 Å². The van der Waals surface area contributed by atoms with Crippen LogP contribution in [0.15, 0.2) is 24.5 Å². The zero-order valence-electron chi connectivity index (χ0n) is 7.40. The minimum absolute atomic E-state index is 0.362. The van der Waals surface area contributed by atoms with Gasteiger partial charge in [-0.15, -0.1) is 11.6 Å². The molecule has 0 saturated carbocycles. The molecule has 4 nitrogen and oxygen atoms in total. The van der Waals surface area contributed by atoms with Crippen LogP contribution < -0.4 is 11.3 Å². The molecule has 14 heavy (non-hydrogen) atoms. The highest BCUT2D eigenvalue weighted by atomic mass is 35.5. The number of nitrogen functional groups attached to an aromatic ring is 1. The maximum atomic E-state index is 11.1. The van der Waals surface area contributed by atoms with Gasteiger partial charge in [-0.3, -0.25) is 15.2 Å². The SMILES string of the molecule is NNC(=O)c1cncc(C=CCCl)c1. The standard InChI is InChI=1S/C9H10ClN3O/c10-3-1-2-7-4-8(6-12-5-7)9(14)13-11/h1-2,4-6H,3,11H2,(H,13,14). The Labute approximate surface area is 86.7 Å². The monoisotopic (exact) mass is 211 g/mol. The van der Waals surface area contributed by atoms with Crippen LogP contribution in [0.4, 0.5) is 0 Å². The number of hydrogen-bond donors (Lipinski definition) is 2. The Kier molecular flexibility index (Phi) is 4.10. The van der Waals surface area contributed by atoms with E-state index < -0.39 is 0 Å². The van der Waals surface area contributed by atoms with E-state index in [2.05, 4.69) is 4.98 Å². The van der Waals surface area contributed by atoms with Gasteiger partial charge in [0.2, 0.25) is 0 Å². The second kappa shape index (κ2) is 5.36. The lowest BCUT2D eigenvalue weighted by Crippen LogP contribution is -2.30. The van der Waals surface area contributed by atoms with E-state index in [-0.39, 0.29) is 5.91 Å². The second-order valence-electron chi connectivity index (χ2n) is 2.54. The van der Waals surface area contributed by atoms with Crippen molar-refractivity contribution in [3.05, 3.63) is 35.7 Å². The molecule has 5 heteroatoms. The molecule has 0 saturated heterocycles. The molecule has 1 aromatic heterocycles. The summed E-state index contributed by atoms with van der Waals surface area (Å²) in [6.07, 6.45) is 6.63. The first-order chi connectivity index (χ1) is 6.77. The highest BCUT2D eigenvalue weighted by molar-refractivity contribution is 6.19. The third-order valence-corrected chi connectivity index (χ3v) is 1.73. The number of alkyl halides is 1. The van der Waals surface area contributed by atoms with Gasteiger partial charge in [-0.25, -0.2) is 5.84 Å². The third kappa shape index (κ3) is 2.83. The molecule has 0 atom stereocenters. The van der Waals surface area contributed by atoms with Crippen LogP contribution in [0.2, 0.25) is 0 Å². The minimum atomic E-state index is -0.362. The number of rotatable bonds is 3. The van der Waals surface area contributed by atoms with Gasteiger partial charge in [-0.2, -0.15) is 0 Å². The Morgan fingerprint density at radius 3 is 3.07 bits per heavy atom. The quantitative estimate of drug-likeness (QED) is 0.338. The summed E-state index contributed by atoms with van der Waals surface area (Å²) < 4.78 is 0.